The van der Waals surface area contributed by atoms with Crippen molar-refractivity contribution in [2.45, 2.75) is 18.9 Å². The number of aromatic nitrogens is 1. The van der Waals surface area contributed by atoms with Crippen molar-refractivity contribution in [3.05, 3.63) is 59.8 Å². The number of carboxylic acid groups (broad SMARTS) is 1. The van der Waals surface area contributed by atoms with Gasteiger partial charge in [0.1, 0.15) is 5.75 Å². The number of carbonyl (C=O) groups excluding carboxylic acids is 2. The molecule has 10 heteroatoms. The summed E-state index contributed by atoms with van der Waals surface area (Å²) in [5, 5.41) is 25.4. The Labute approximate surface area is 195 Å². The largest absolute Gasteiger partial charge is 0.508 e. The van der Waals surface area contributed by atoms with Gasteiger partial charge in [0.05, 0.1) is 32.1 Å². The Balaban J connectivity index is 1.40. The smallest absolute Gasteiger partial charge is 0.318 e. The molecule has 5 N–H and O–H groups in total. The molecule has 0 spiro atoms. The normalized spacial score (nSPS) is 14.5. The van der Waals surface area contributed by atoms with E-state index >= 15 is 0 Å². The molecule has 1 aliphatic rings. The molecule has 10 nitrogen and oxygen atoms in total. The number of phenolic OH excluding ortho intramolecular Hbond substituents is 1. The molecule has 1 fully saturated rings. The molecule has 3 amide bonds. The molecule has 0 radical (unpaired) electrons. The Morgan fingerprint density at radius 1 is 1.09 bits per heavy atom. The Bertz CT molecular complexity index is 1180. The van der Waals surface area contributed by atoms with Crippen LogP contribution >= 0.6 is 0 Å². The number of phenols is 1. The standard InChI is InChI=1S/C24H26N4O6/c29-18-5-6-20-19(12-18)16(14-25-20)11-22(30)26-17-3-1-15(2-4-17)21(13-23(31)32)27-24(33)28-7-9-34-10-8-28/h1-6,12,14,21,25,29H,7-11,13H2,(H,26,30)(H,27,33)(H,31,32). The molecule has 0 saturated carbocycles. The van der Waals surface area contributed by atoms with Crippen molar-refractivity contribution in [3.8, 4) is 5.75 Å². The Morgan fingerprint density at radius 3 is 2.53 bits per heavy atom. The molecule has 178 valence electrons. The highest BCUT2D eigenvalue weighted by Gasteiger charge is 2.23. The quantitative estimate of drug-likeness (QED) is 0.362. The Morgan fingerprint density at radius 2 is 1.82 bits per heavy atom. The Kier molecular flexibility index (Phi) is 6.98. The number of aromatic amines is 1. The molecule has 1 saturated heterocycles. The average molecular weight is 466 g/mol. The van der Waals surface area contributed by atoms with Crippen LogP contribution in [-0.2, 0) is 20.7 Å². The molecule has 1 aliphatic heterocycles. The van der Waals surface area contributed by atoms with Gasteiger partial charge >= 0.3 is 12.0 Å². The summed E-state index contributed by atoms with van der Waals surface area (Å²) in [6.45, 7) is 1.80. The number of morpholine rings is 1. The number of H-pyrrole nitrogens is 1. The van der Waals surface area contributed by atoms with Crippen molar-refractivity contribution in [1.29, 1.82) is 0 Å². The van der Waals surface area contributed by atoms with Crippen LogP contribution in [0.5, 0.6) is 5.75 Å². The van der Waals surface area contributed by atoms with Crippen molar-refractivity contribution in [1.82, 2.24) is 15.2 Å². The molecule has 2 aromatic carbocycles. The third-order valence-corrected chi connectivity index (χ3v) is 5.67. The molecule has 1 aromatic heterocycles. The highest BCUT2D eigenvalue weighted by atomic mass is 16.5. The summed E-state index contributed by atoms with van der Waals surface area (Å²) < 4.78 is 5.24. The number of amides is 3. The molecule has 3 aromatic rings. The summed E-state index contributed by atoms with van der Waals surface area (Å²) in [6.07, 6.45) is 1.58. The molecule has 1 atom stereocenters. The topological polar surface area (TPSA) is 144 Å². The van der Waals surface area contributed by atoms with Gasteiger partial charge in [-0.15, -0.1) is 0 Å². The molecule has 0 bridgehead atoms. The van der Waals surface area contributed by atoms with E-state index in [9.17, 15) is 24.6 Å². The number of anilines is 1. The van der Waals surface area contributed by atoms with Crippen LogP contribution in [0.1, 0.15) is 23.6 Å². The summed E-state index contributed by atoms with van der Waals surface area (Å²) in [4.78, 5) is 41.1. The van der Waals surface area contributed by atoms with Gasteiger partial charge in [-0.05, 0) is 41.5 Å². The van der Waals surface area contributed by atoms with Crippen LogP contribution in [-0.4, -0.2) is 64.3 Å². The molecular weight excluding hydrogens is 440 g/mol. The van der Waals surface area contributed by atoms with E-state index in [1.807, 2.05) is 0 Å². The predicted octanol–water partition coefficient (Wildman–Crippen LogP) is 2.61. The molecule has 1 unspecified atom stereocenters. The zero-order valence-electron chi connectivity index (χ0n) is 18.4. The first-order valence-electron chi connectivity index (χ1n) is 10.9. The van der Waals surface area contributed by atoms with Crippen LogP contribution in [0.3, 0.4) is 0 Å². The minimum atomic E-state index is -1.03. The van der Waals surface area contributed by atoms with Crippen molar-refractivity contribution >= 4 is 34.5 Å². The third-order valence-electron chi connectivity index (χ3n) is 5.67. The first kappa shape index (κ1) is 23.1. The van der Waals surface area contributed by atoms with Gasteiger partial charge in [0.15, 0.2) is 0 Å². The second kappa shape index (κ2) is 10.3. The molecule has 2 heterocycles. The number of nitrogens with one attached hydrogen (secondary N) is 3. The lowest BCUT2D eigenvalue weighted by Crippen LogP contribution is -2.47. The number of nitrogens with zero attached hydrogens (tertiary/aromatic N) is 1. The first-order valence-corrected chi connectivity index (χ1v) is 10.9. The van der Waals surface area contributed by atoms with Crippen LogP contribution in [0.4, 0.5) is 10.5 Å². The first-order chi connectivity index (χ1) is 16.4. The van der Waals surface area contributed by atoms with Crippen LogP contribution < -0.4 is 10.6 Å². The lowest BCUT2D eigenvalue weighted by atomic mass is 10.0. The second-order valence-corrected chi connectivity index (χ2v) is 8.09. The van der Waals surface area contributed by atoms with Gasteiger partial charge in [-0.2, -0.15) is 0 Å². The van der Waals surface area contributed by atoms with Gasteiger partial charge in [0, 0.05) is 35.9 Å². The van der Waals surface area contributed by atoms with E-state index in [1.54, 1.807) is 53.6 Å². The Hall–Kier alpha value is -4.05. The van der Waals surface area contributed by atoms with Crippen LogP contribution in [0.15, 0.2) is 48.7 Å². The van der Waals surface area contributed by atoms with E-state index in [4.69, 9.17) is 4.74 Å². The van der Waals surface area contributed by atoms with Gasteiger partial charge < -0.3 is 35.5 Å². The predicted molar refractivity (Wildman–Crippen MR) is 125 cm³/mol. The number of ether oxygens (including phenoxy) is 1. The molecule has 0 aliphatic carbocycles. The van der Waals surface area contributed by atoms with E-state index in [-0.39, 0.29) is 30.5 Å². The number of rotatable bonds is 7. The summed E-state index contributed by atoms with van der Waals surface area (Å²) >= 11 is 0. The third kappa shape index (κ3) is 5.65. The molecule has 34 heavy (non-hydrogen) atoms. The monoisotopic (exact) mass is 466 g/mol. The van der Waals surface area contributed by atoms with Crippen molar-refractivity contribution in [3.63, 3.8) is 0 Å². The van der Waals surface area contributed by atoms with E-state index < -0.39 is 12.0 Å². The maximum absolute atomic E-state index is 12.6. The van der Waals surface area contributed by atoms with Crippen molar-refractivity contribution < 1.29 is 29.3 Å². The van der Waals surface area contributed by atoms with E-state index in [2.05, 4.69) is 15.6 Å². The fourth-order valence-corrected chi connectivity index (χ4v) is 3.92. The van der Waals surface area contributed by atoms with Gasteiger partial charge in [0.2, 0.25) is 5.91 Å². The fraction of sp³-hybridized carbons (Fsp3) is 0.292. The number of carboxylic acids is 1. The zero-order chi connectivity index (χ0) is 24.1. The second-order valence-electron chi connectivity index (χ2n) is 8.09. The van der Waals surface area contributed by atoms with Gasteiger partial charge in [0.25, 0.3) is 0 Å². The lowest BCUT2D eigenvalue weighted by molar-refractivity contribution is -0.137. The van der Waals surface area contributed by atoms with Crippen molar-refractivity contribution in [2.24, 2.45) is 0 Å². The average Bonchev–Trinajstić information content (AvgIpc) is 3.21. The number of hydrogen-bond donors (Lipinski definition) is 5. The van der Waals surface area contributed by atoms with E-state index in [0.29, 0.717) is 37.6 Å². The maximum atomic E-state index is 12.6. The SMILES string of the molecule is O=C(O)CC(NC(=O)N1CCOCC1)c1ccc(NC(=O)Cc2c[nH]c3ccc(O)cc23)cc1. The van der Waals surface area contributed by atoms with Gasteiger partial charge in [-0.3, -0.25) is 9.59 Å². The van der Waals surface area contributed by atoms with E-state index in [1.165, 1.54) is 0 Å². The van der Waals surface area contributed by atoms with Crippen molar-refractivity contribution in [2.75, 3.05) is 31.6 Å². The minimum Gasteiger partial charge on any atom is -0.508 e. The van der Waals surface area contributed by atoms with Gasteiger partial charge in [-0.1, -0.05) is 12.1 Å². The number of hydrogen-bond acceptors (Lipinski definition) is 5. The lowest BCUT2D eigenvalue weighted by Gasteiger charge is -2.29. The number of benzene rings is 2. The summed E-state index contributed by atoms with van der Waals surface area (Å²) in [5.41, 5.74) is 2.75. The molecular formula is C24H26N4O6. The van der Waals surface area contributed by atoms with Gasteiger partial charge in [-0.25, -0.2) is 4.79 Å². The highest BCUT2D eigenvalue weighted by Crippen LogP contribution is 2.24. The minimum absolute atomic E-state index is 0.114. The zero-order valence-corrected chi connectivity index (χ0v) is 18.4. The number of urea groups is 1. The van der Waals surface area contributed by atoms with Crippen LogP contribution in [0.2, 0.25) is 0 Å². The maximum Gasteiger partial charge on any atom is 0.318 e. The fourth-order valence-electron chi connectivity index (χ4n) is 3.92. The number of aromatic hydroxyl groups is 1. The number of carbonyl (C=O) groups is 3. The summed E-state index contributed by atoms with van der Waals surface area (Å²) in [7, 11) is 0. The highest BCUT2D eigenvalue weighted by molar-refractivity contribution is 5.96. The number of fused-ring (bicyclic) bond motifs is 1. The molecule has 4 rings (SSSR count). The van der Waals surface area contributed by atoms with Crippen LogP contribution in [0, 0.1) is 0 Å². The van der Waals surface area contributed by atoms with Crippen LogP contribution in [0.25, 0.3) is 10.9 Å². The summed E-state index contributed by atoms with van der Waals surface area (Å²) in [5.74, 6) is -1.14. The summed E-state index contributed by atoms with van der Waals surface area (Å²) in [6, 6.07) is 10.6. The number of aliphatic carboxylic acids is 1. The van der Waals surface area contributed by atoms with E-state index in [0.717, 1.165) is 16.5 Å².